The zero-order chi connectivity index (χ0) is 14.8. The summed E-state index contributed by atoms with van der Waals surface area (Å²) in [6.45, 7) is 14.1. The fraction of sp³-hybridized carbons (Fsp3) is 0.750. The highest BCUT2D eigenvalue weighted by molar-refractivity contribution is 5.37. The van der Waals surface area contributed by atoms with Crippen LogP contribution in [0.5, 0.6) is 0 Å². The molecule has 0 aliphatic carbocycles. The molecule has 4 heteroatoms. The lowest BCUT2D eigenvalue weighted by molar-refractivity contribution is 0.420. The Morgan fingerprint density at radius 2 is 2.10 bits per heavy atom. The van der Waals surface area contributed by atoms with Crippen LogP contribution in [0.1, 0.15) is 46.7 Å². The zero-order valence-electron chi connectivity index (χ0n) is 13.5. The number of hydrogen-bond acceptors (Lipinski definition) is 4. The Balaban J connectivity index is 2.00. The summed E-state index contributed by atoms with van der Waals surface area (Å²) in [6, 6.07) is 0. The van der Waals surface area contributed by atoms with Crippen LogP contribution in [0, 0.1) is 11.8 Å². The monoisotopic (exact) mass is 276 g/mol. The number of hydrogen-bond donors (Lipinski definition) is 1. The number of rotatable bonds is 4. The molecule has 1 aromatic rings. The molecule has 0 radical (unpaired) electrons. The van der Waals surface area contributed by atoms with E-state index in [-0.39, 0.29) is 5.54 Å². The van der Waals surface area contributed by atoms with Crippen LogP contribution in [0.4, 0.5) is 5.82 Å². The van der Waals surface area contributed by atoms with Gasteiger partial charge in [0.15, 0.2) is 0 Å². The zero-order valence-corrected chi connectivity index (χ0v) is 13.5. The quantitative estimate of drug-likeness (QED) is 0.918. The van der Waals surface area contributed by atoms with Crippen molar-refractivity contribution < 1.29 is 0 Å². The molecule has 1 atom stereocenters. The molecule has 1 aliphatic heterocycles. The molecular formula is C16H28N4. The van der Waals surface area contributed by atoms with E-state index in [0.717, 1.165) is 43.0 Å². The lowest BCUT2D eigenvalue weighted by Gasteiger charge is -2.21. The van der Waals surface area contributed by atoms with E-state index in [4.69, 9.17) is 4.98 Å². The molecule has 0 aromatic carbocycles. The van der Waals surface area contributed by atoms with E-state index in [1.165, 1.54) is 6.42 Å². The molecule has 2 rings (SSSR count). The Morgan fingerprint density at radius 1 is 1.35 bits per heavy atom. The van der Waals surface area contributed by atoms with Gasteiger partial charge in [0, 0.05) is 31.4 Å². The van der Waals surface area contributed by atoms with Gasteiger partial charge in [0.25, 0.3) is 0 Å². The molecule has 4 nitrogen and oxygen atoms in total. The second-order valence-corrected chi connectivity index (χ2v) is 7.21. The van der Waals surface area contributed by atoms with Gasteiger partial charge in [-0.1, -0.05) is 13.8 Å². The van der Waals surface area contributed by atoms with Gasteiger partial charge in [-0.3, -0.25) is 4.98 Å². The molecule has 1 unspecified atom stereocenters. The van der Waals surface area contributed by atoms with Crippen molar-refractivity contribution in [2.75, 3.05) is 18.0 Å². The Labute approximate surface area is 123 Å². The van der Waals surface area contributed by atoms with E-state index in [1.807, 2.05) is 12.4 Å². The minimum Gasteiger partial charge on any atom is -0.355 e. The van der Waals surface area contributed by atoms with Gasteiger partial charge in [-0.15, -0.1) is 0 Å². The summed E-state index contributed by atoms with van der Waals surface area (Å²) >= 11 is 0. The van der Waals surface area contributed by atoms with Crippen LogP contribution in [0.2, 0.25) is 0 Å². The molecule has 0 saturated carbocycles. The van der Waals surface area contributed by atoms with Crippen LogP contribution in [0.15, 0.2) is 12.4 Å². The van der Waals surface area contributed by atoms with Crippen molar-refractivity contribution in [1.29, 1.82) is 0 Å². The third-order valence-electron chi connectivity index (χ3n) is 3.96. The predicted molar refractivity (Wildman–Crippen MR) is 83.8 cm³/mol. The third-order valence-corrected chi connectivity index (χ3v) is 3.96. The van der Waals surface area contributed by atoms with E-state index >= 15 is 0 Å². The molecule has 112 valence electrons. The lowest BCUT2D eigenvalue weighted by atomic mass is 9.95. The smallest absolute Gasteiger partial charge is 0.147 e. The van der Waals surface area contributed by atoms with Gasteiger partial charge in [-0.25, -0.2) is 4.98 Å². The summed E-state index contributed by atoms with van der Waals surface area (Å²) in [6.07, 6.45) is 5.02. The van der Waals surface area contributed by atoms with Gasteiger partial charge in [-0.2, -0.15) is 0 Å². The molecule has 20 heavy (non-hydrogen) atoms. The van der Waals surface area contributed by atoms with Crippen molar-refractivity contribution in [3.8, 4) is 0 Å². The molecule has 1 fully saturated rings. The highest BCUT2D eigenvalue weighted by Crippen LogP contribution is 2.26. The maximum Gasteiger partial charge on any atom is 0.147 e. The maximum absolute atomic E-state index is 4.75. The number of nitrogens with zero attached hydrogens (tertiary/aromatic N) is 3. The molecule has 1 saturated heterocycles. The first-order valence-corrected chi connectivity index (χ1v) is 7.66. The van der Waals surface area contributed by atoms with E-state index in [1.54, 1.807) is 0 Å². The van der Waals surface area contributed by atoms with Crippen molar-refractivity contribution in [3.63, 3.8) is 0 Å². The van der Waals surface area contributed by atoms with E-state index in [0.29, 0.717) is 0 Å². The first-order chi connectivity index (χ1) is 9.35. The summed E-state index contributed by atoms with van der Waals surface area (Å²) in [7, 11) is 0. The Hall–Kier alpha value is -1.16. The van der Waals surface area contributed by atoms with Gasteiger partial charge < -0.3 is 10.2 Å². The number of nitrogens with one attached hydrogen (secondary N) is 1. The van der Waals surface area contributed by atoms with Crippen LogP contribution in [0.25, 0.3) is 0 Å². The van der Waals surface area contributed by atoms with E-state index in [2.05, 4.69) is 49.8 Å². The normalized spacial score (nSPS) is 19.9. The largest absolute Gasteiger partial charge is 0.355 e. The molecule has 1 aromatic heterocycles. The standard InChI is InChI=1S/C16H28N4/c1-12(2)13-6-7-20(11-13)15-10-17-8-14(19-15)9-18-16(3,4)5/h8,10,12-13,18H,6-7,9,11H2,1-5H3. The minimum atomic E-state index is 0.105. The van der Waals surface area contributed by atoms with Crippen LogP contribution >= 0.6 is 0 Å². The maximum atomic E-state index is 4.75. The first-order valence-electron chi connectivity index (χ1n) is 7.66. The summed E-state index contributed by atoms with van der Waals surface area (Å²) in [5, 5.41) is 3.46. The highest BCUT2D eigenvalue weighted by atomic mass is 15.2. The fourth-order valence-electron chi connectivity index (χ4n) is 2.53. The number of anilines is 1. The van der Waals surface area contributed by atoms with Gasteiger partial charge >= 0.3 is 0 Å². The van der Waals surface area contributed by atoms with E-state index in [9.17, 15) is 0 Å². The summed E-state index contributed by atoms with van der Waals surface area (Å²) in [4.78, 5) is 11.5. The van der Waals surface area contributed by atoms with Gasteiger partial charge in [0.2, 0.25) is 0 Å². The average Bonchev–Trinajstić information content (AvgIpc) is 2.86. The lowest BCUT2D eigenvalue weighted by Crippen LogP contribution is -2.35. The number of aromatic nitrogens is 2. The van der Waals surface area contributed by atoms with E-state index < -0.39 is 0 Å². The van der Waals surface area contributed by atoms with Crippen LogP contribution in [-0.4, -0.2) is 28.6 Å². The second-order valence-electron chi connectivity index (χ2n) is 7.21. The van der Waals surface area contributed by atoms with Crippen molar-refractivity contribution in [2.24, 2.45) is 11.8 Å². The molecule has 2 heterocycles. The molecule has 0 bridgehead atoms. The van der Waals surface area contributed by atoms with Crippen molar-refractivity contribution >= 4 is 5.82 Å². The van der Waals surface area contributed by atoms with Gasteiger partial charge in [0.05, 0.1) is 11.9 Å². The Kier molecular flexibility index (Phi) is 4.63. The second kappa shape index (κ2) is 6.08. The molecule has 1 N–H and O–H groups in total. The predicted octanol–water partition coefficient (Wildman–Crippen LogP) is 2.85. The average molecular weight is 276 g/mol. The molecule has 1 aliphatic rings. The summed E-state index contributed by atoms with van der Waals surface area (Å²) in [5.74, 6) is 2.56. The molecular weight excluding hydrogens is 248 g/mol. The summed E-state index contributed by atoms with van der Waals surface area (Å²) in [5.41, 5.74) is 1.12. The van der Waals surface area contributed by atoms with Gasteiger partial charge in [-0.05, 0) is 39.0 Å². The minimum absolute atomic E-state index is 0.105. The Morgan fingerprint density at radius 3 is 2.70 bits per heavy atom. The Bertz CT molecular complexity index is 436. The summed E-state index contributed by atoms with van der Waals surface area (Å²) < 4.78 is 0. The van der Waals surface area contributed by atoms with Gasteiger partial charge in [0.1, 0.15) is 5.82 Å². The fourth-order valence-corrected chi connectivity index (χ4v) is 2.53. The highest BCUT2D eigenvalue weighted by Gasteiger charge is 2.25. The van der Waals surface area contributed by atoms with Crippen LogP contribution < -0.4 is 10.2 Å². The molecule has 0 amide bonds. The van der Waals surface area contributed by atoms with Crippen molar-refractivity contribution in [2.45, 2.75) is 53.1 Å². The van der Waals surface area contributed by atoms with Crippen LogP contribution in [0.3, 0.4) is 0 Å². The first kappa shape index (κ1) is 15.2. The topological polar surface area (TPSA) is 41.1 Å². The third kappa shape index (κ3) is 4.17. The van der Waals surface area contributed by atoms with Crippen molar-refractivity contribution in [1.82, 2.24) is 15.3 Å². The van der Waals surface area contributed by atoms with Crippen LogP contribution in [-0.2, 0) is 6.54 Å². The molecule has 0 spiro atoms. The SMILES string of the molecule is CC(C)C1CCN(c2cncc(CNC(C)(C)C)n2)C1. The van der Waals surface area contributed by atoms with Crippen molar-refractivity contribution in [3.05, 3.63) is 18.1 Å².